The van der Waals surface area contributed by atoms with Gasteiger partial charge in [0.2, 0.25) is 5.91 Å². The first-order chi connectivity index (χ1) is 14.1. The van der Waals surface area contributed by atoms with Crippen LogP contribution in [0.5, 0.6) is 0 Å². The van der Waals surface area contributed by atoms with E-state index in [0.717, 1.165) is 22.6 Å². The van der Waals surface area contributed by atoms with E-state index >= 15 is 0 Å². The highest BCUT2D eigenvalue weighted by atomic mass is 32.1. The Labute approximate surface area is 171 Å². The Morgan fingerprint density at radius 1 is 1.28 bits per heavy atom. The van der Waals surface area contributed by atoms with E-state index < -0.39 is 0 Å². The third-order valence-corrected chi connectivity index (χ3v) is 6.21. The van der Waals surface area contributed by atoms with Crippen LogP contribution >= 0.6 is 11.3 Å². The zero-order valence-electron chi connectivity index (χ0n) is 16.2. The molecule has 5 rings (SSSR count). The number of anilines is 1. The van der Waals surface area contributed by atoms with Crippen LogP contribution in [0, 0.1) is 12.8 Å². The number of rotatable bonds is 5. The average molecular weight is 408 g/mol. The molecule has 0 atom stereocenters. The maximum absolute atomic E-state index is 12.5. The summed E-state index contributed by atoms with van der Waals surface area (Å²) in [6.07, 6.45) is 7.26. The molecule has 4 aromatic rings. The Bertz CT molecular complexity index is 1180. The summed E-state index contributed by atoms with van der Waals surface area (Å²) in [5.41, 5.74) is 4.04. The molecule has 8 nitrogen and oxygen atoms in total. The number of fused-ring (bicyclic) bond motifs is 1. The summed E-state index contributed by atoms with van der Waals surface area (Å²) in [7, 11) is 1.95. The molecule has 0 saturated carbocycles. The Morgan fingerprint density at radius 3 is 2.86 bits per heavy atom. The van der Waals surface area contributed by atoms with Crippen LogP contribution in [0.1, 0.15) is 10.4 Å². The zero-order valence-corrected chi connectivity index (χ0v) is 17.1. The third-order valence-electron chi connectivity index (χ3n) is 5.16. The number of hydrogen-bond acceptors (Lipinski definition) is 6. The van der Waals surface area contributed by atoms with Crippen LogP contribution < -0.4 is 10.2 Å². The van der Waals surface area contributed by atoms with Gasteiger partial charge >= 0.3 is 0 Å². The Balaban J connectivity index is 1.27. The van der Waals surface area contributed by atoms with Gasteiger partial charge in [-0.05, 0) is 30.0 Å². The van der Waals surface area contributed by atoms with Gasteiger partial charge in [-0.3, -0.25) is 4.79 Å². The predicted molar refractivity (Wildman–Crippen MR) is 112 cm³/mol. The quantitative estimate of drug-likeness (QED) is 0.549. The minimum Gasteiger partial charge on any atom is -0.353 e. The second kappa shape index (κ2) is 7.00. The molecule has 0 aliphatic carbocycles. The lowest BCUT2D eigenvalue weighted by Gasteiger charge is -2.39. The molecule has 1 aliphatic heterocycles. The number of nitrogens with one attached hydrogen (secondary N) is 1. The highest BCUT2D eigenvalue weighted by Gasteiger charge is 2.34. The fraction of sp³-hybridized carbons (Fsp3) is 0.300. The number of carbonyl (C=O) groups excluding carboxylic acids is 1. The van der Waals surface area contributed by atoms with Crippen molar-refractivity contribution in [1.29, 1.82) is 0 Å². The average Bonchev–Trinajstić information content (AvgIpc) is 3.38. The van der Waals surface area contributed by atoms with Crippen LogP contribution in [0.2, 0.25) is 0 Å². The molecule has 0 aromatic carbocycles. The van der Waals surface area contributed by atoms with Crippen molar-refractivity contribution in [3.8, 4) is 11.3 Å². The largest absolute Gasteiger partial charge is 0.353 e. The van der Waals surface area contributed by atoms with E-state index in [1.807, 2.05) is 34.6 Å². The van der Waals surface area contributed by atoms with E-state index in [9.17, 15) is 4.79 Å². The number of carbonyl (C=O) groups is 1. The number of aryl methyl sites for hydroxylation is 2. The van der Waals surface area contributed by atoms with Crippen LogP contribution in [0.15, 0.2) is 42.6 Å². The topological polar surface area (TPSA) is 80.4 Å². The van der Waals surface area contributed by atoms with Crippen LogP contribution in [-0.2, 0) is 18.4 Å². The number of thiophene rings is 1. The monoisotopic (exact) mass is 407 g/mol. The normalized spacial score (nSPS) is 14.3. The lowest BCUT2D eigenvalue weighted by molar-refractivity contribution is -0.125. The predicted octanol–water partition coefficient (Wildman–Crippen LogP) is 2.25. The fourth-order valence-corrected chi connectivity index (χ4v) is 4.40. The van der Waals surface area contributed by atoms with Crippen molar-refractivity contribution in [2.24, 2.45) is 13.0 Å². The molecule has 1 aliphatic rings. The zero-order chi connectivity index (χ0) is 20.0. The van der Waals surface area contributed by atoms with Gasteiger partial charge in [0, 0.05) is 43.0 Å². The summed E-state index contributed by atoms with van der Waals surface area (Å²) in [5.74, 6) is 0.929. The van der Waals surface area contributed by atoms with E-state index in [1.165, 1.54) is 10.4 Å². The van der Waals surface area contributed by atoms with E-state index in [-0.39, 0.29) is 11.8 Å². The van der Waals surface area contributed by atoms with Crippen LogP contribution in [0.4, 0.5) is 5.82 Å². The number of hydrogen-bond donors (Lipinski definition) is 1. The number of imidazole rings is 1. The molecular weight excluding hydrogens is 386 g/mol. The maximum atomic E-state index is 12.5. The lowest BCUT2D eigenvalue weighted by Crippen LogP contribution is -2.54. The van der Waals surface area contributed by atoms with Gasteiger partial charge in [0.05, 0.1) is 24.5 Å². The summed E-state index contributed by atoms with van der Waals surface area (Å²) in [6, 6.07) is 4.16. The van der Waals surface area contributed by atoms with Crippen molar-refractivity contribution in [3.63, 3.8) is 0 Å². The second-order valence-electron chi connectivity index (χ2n) is 7.48. The summed E-state index contributed by atoms with van der Waals surface area (Å²) in [5, 5.41) is 9.47. The highest BCUT2D eigenvalue weighted by molar-refractivity contribution is 7.10. The van der Waals surface area contributed by atoms with Crippen molar-refractivity contribution in [2.45, 2.75) is 13.5 Å². The molecule has 1 amide bonds. The molecule has 1 fully saturated rings. The van der Waals surface area contributed by atoms with E-state index in [0.29, 0.717) is 19.6 Å². The van der Waals surface area contributed by atoms with E-state index in [1.54, 1.807) is 24.0 Å². The van der Waals surface area contributed by atoms with Gasteiger partial charge in [-0.15, -0.1) is 11.3 Å². The van der Waals surface area contributed by atoms with Crippen molar-refractivity contribution in [2.75, 3.05) is 18.0 Å². The summed E-state index contributed by atoms with van der Waals surface area (Å²) >= 11 is 1.68. The number of aromatic nitrogens is 5. The minimum absolute atomic E-state index is 0.0173. The van der Waals surface area contributed by atoms with Gasteiger partial charge in [0.15, 0.2) is 5.82 Å². The molecule has 9 heteroatoms. The van der Waals surface area contributed by atoms with Crippen LogP contribution in [0.25, 0.3) is 16.8 Å². The molecule has 4 aromatic heterocycles. The van der Waals surface area contributed by atoms with Gasteiger partial charge in [0.1, 0.15) is 11.8 Å². The lowest BCUT2D eigenvalue weighted by atomic mass is 9.99. The Morgan fingerprint density at radius 2 is 2.14 bits per heavy atom. The van der Waals surface area contributed by atoms with Gasteiger partial charge in [0.25, 0.3) is 0 Å². The maximum Gasteiger partial charge on any atom is 0.226 e. The second-order valence-corrected chi connectivity index (χ2v) is 8.47. The molecule has 1 N–H and O–H groups in total. The van der Waals surface area contributed by atoms with Crippen molar-refractivity contribution in [1.82, 2.24) is 29.5 Å². The highest BCUT2D eigenvalue weighted by Crippen LogP contribution is 2.30. The molecular formula is C20H21N7OS. The van der Waals surface area contributed by atoms with Gasteiger partial charge < -0.3 is 14.8 Å². The molecule has 0 spiro atoms. The minimum atomic E-state index is -0.0173. The molecule has 0 radical (unpaired) electrons. The summed E-state index contributed by atoms with van der Waals surface area (Å²) in [6.45, 7) is 3.98. The van der Waals surface area contributed by atoms with E-state index in [2.05, 4.69) is 43.7 Å². The summed E-state index contributed by atoms with van der Waals surface area (Å²) in [4.78, 5) is 24.6. The fourth-order valence-electron chi connectivity index (χ4n) is 3.58. The molecule has 148 valence electrons. The van der Waals surface area contributed by atoms with E-state index in [4.69, 9.17) is 0 Å². The molecule has 29 heavy (non-hydrogen) atoms. The molecule has 0 bridgehead atoms. The van der Waals surface area contributed by atoms with Crippen LogP contribution in [-0.4, -0.2) is 43.1 Å². The molecule has 0 unspecified atom stereocenters. The first-order valence-electron chi connectivity index (χ1n) is 9.45. The van der Waals surface area contributed by atoms with Gasteiger partial charge in [-0.2, -0.15) is 5.10 Å². The smallest absolute Gasteiger partial charge is 0.226 e. The third kappa shape index (κ3) is 3.38. The van der Waals surface area contributed by atoms with Gasteiger partial charge in [-0.25, -0.2) is 14.5 Å². The first-order valence-corrected chi connectivity index (χ1v) is 10.3. The molecule has 1 saturated heterocycles. The van der Waals surface area contributed by atoms with Crippen molar-refractivity contribution < 1.29 is 4.79 Å². The van der Waals surface area contributed by atoms with Crippen LogP contribution in [0.3, 0.4) is 0 Å². The first kappa shape index (κ1) is 17.9. The number of amides is 1. The Hall–Kier alpha value is -3.20. The summed E-state index contributed by atoms with van der Waals surface area (Å²) < 4.78 is 3.74. The standard InChI is InChI=1S/C20H21N7OS/c1-13-3-16(29-10-13)5-21-20(28)15-6-26(7-15)19-18-4-14(8-27(18)24-11-22-19)17-9-25(2)12-23-17/h3-4,8-12,15H,5-7H2,1-2H3,(H,21,28). The SMILES string of the molecule is Cc1csc(CNC(=O)C2CN(c3ncnn4cc(-c5cn(C)cn5)cc34)C2)c1. The van der Waals surface area contributed by atoms with Gasteiger partial charge in [-0.1, -0.05) is 0 Å². The molecule has 5 heterocycles. The van der Waals surface area contributed by atoms with Crippen molar-refractivity contribution in [3.05, 3.63) is 53.0 Å². The number of nitrogens with zero attached hydrogens (tertiary/aromatic N) is 6. The van der Waals surface area contributed by atoms with Crippen molar-refractivity contribution >= 4 is 28.6 Å². The Kier molecular flexibility index (Phi) is 4.31.